The molecule has 0 radical (unpaired) electrons. The van der Waals surface area contributed by atoms with Crippen LogP contribution in [0.4, 0.5) is 10.1 Å². The highest BCUT2D eigenvalue weighted by atomic mass is 32.2. The number of amides is 2. The molecule has 2 amide bonds. The van der Waals surface area contributed by atoms with Gasteiger partial charge in [-0.25, -0.2) is 4.39 Å². The third-order valence-corrected chi connectivity index (χ3v) is 5.64. The fourth-order valence-corrected chi connectivity index (χ4v) is 4.24. The SMILES string of the molecule is CNC(=O)C(C#N)=C1SC(Cc2ccc(F)cc2)C(=O)N1c1cccc(OC)c1. The summed E-state index contributed by atoms with van der Waals surface area (Å²) in [6.45, 7) is 0. The van der Waals surface area contributed by atoms with Crippen molar-refractivity contribution in [3.63, 3.8) is 0 Å². The fraction of sp³-hybridized carbons (Fsp3) is 0.190. The minimum atomic E-state index is -0.571. The lowest BCUT2D eigenvalue weighted by atomic mass is 10.1. The Morgan fingerprint density at radius 1 is 1.31 bits per heavy atom. The van der Waals surface area contributed by atoms with Crippen molar-refractivity contribution in [1.82, 2.24) is 5.32 Å². The molecule has 29 heavy (non-hydrogen) atoms. The molecule has 2 aromatic rings. The number of ether oxygens (including phenoxy) is 1. The van der Waals surface area contributed by atoms with E-state index < -0.39 is 11.2 Å². The minimum Gasteiger partial charge on any atom is -0.497 e. The molecule has 0 aliphatic carbocycles. The summed E-state index contributed by atoms with van der Waals surface area (Å²) < 4.78 is 18.4. The van der Waals surface area contributed by atoms with E-state index in [1.807, 2.05) is 6.07 Å². The molecule has 0 saturated carbocycles. The fourth-order valence-electron chi connectivity index (χ4n) is 2.93. The predicted molar refractivity (Wildman–Crippen MR) is 109 cm³/mol. The molecule has 1 atom stereocenters. The van der Waals surface area contributed by atoms with Crippen LogP contribution in [-0.4, -0.2) is 31.2 Å². The van der Waals surface area contributed by atoms with Crippen LogP contribution in [0.15, 0.2) is 59.1 Å². The number of carbonyl (C=O) groups excluding carboxylic acids is 2. The van der Waals surface area contributed by atoms with Gasteiger partial charge in [0.2, 0.25) is 5.91 Å². The molecule has 6 nitrogen and oxygen atoms in total. The number of rotatable bonds is 5. The molecule has 1 unspecified atom stereocenters. The Morgan fingerprint density at radius 3 is 2.66 bits per heavy atom. The molecule has 3 rings (SSSR count). The maximum Gasteiger partial charge on any atom is 0.264 e. The van der Waals surface area contributed by atoms with Crippen LogP contribution in [0.2, 0.25) is 0 Å². The first kappa shape index (κ1) is 20.4. The van der Waals surface area contributed by atoms with Crippen LogP contribution in [-0.2, 0) is 16.0 Å². The number of benzene rings is 2. The monoisotopic (exact) mass is 411 g/mol. The smallest absolute Gasteiger partial charge is 0.264 e. The average Bonchev–Trinajstić information content (AvgIpc) is 3.05. The van der Waals surface area contributed by atoms with Crippen molar-refractivity contribution < 1.29 is 18.7 Å². The molecule has 2 aromatic carbocycles. The average molecular weight is 411 g/mol. The van der Waals surface area contributed by atoms with Crippen LogP contribution >= 0.6 is 11.8 Å². The molecule has 1 saturated heterocycles. The van der Waals surface area contributed by atoms with E-state index in [0.29, 0.717) is 17.9 Å². The van der Waals surface area contributed by atoms with E-state index in [-0.39, 0.29) is 22.3 Å². The summed E-state index contributed by atoms with van der Waals surface area (Å²) in [5.74, 6) is -0.651. The third kappa shape index (κ3) is 4.25. The second-order valence-electron chi connectivity index (χ2n) is 6.18. The summed E-state index contributed by atoms with van der Waals surface area (Å²) in [5, 5.41) is 11.7. The Balaban J connectivity index is 2.05. The van der Waals surface area contributed by atoms with Gasteiger partial charge in [0.05, 0.1) is 18.0 Å². The number of nitrogens with zero attached hydrogens (tertiary/aromatic N) is 2. The molecule has 1 aliphatic rings. The molecule has 148 valence electrons. The number of hydrogen-bond acceptors (Lipinski definition) is 5. The summed E-state index contributed by atoms with van der Waals surface area (Å²) in [4.78, 5) is 26.8. The number of carbonyl (C=O) groups is 2. The zero-order valence-corrected chi connectivity index (χ0v) is 16.6. The van der Waals surface area contributed by atoms with Crippen LogP contribution in [0.5, 0.6) is 5.75 Å². The third-order valence-electron chi connectivity index (χ3n) is 4.38. The van der Waals surface area contributed by atoms with Crippen molar-refractivity contribution in [2.24, 2.45) is 0 Å². The highest BCUT2D eigenvalue weighted by Gasteiger charge is 2.40. The normalized spacial score (nSPS) is 17.7. The lowest BCUT2D eigenvalue weighted by molar-refractivity contribution is -0.117. The first-order valence-electron chi connectivity index (χ1n) is 8.74. The zero-order chi connectivity index (χ0) is 21.0. The van der Waals surface area contributed by atoms with Crippen LogP contribution in [0, 0.1) is 17.1 Å². The molecule has 0 bridgehead atoms. The van der Waals surface area contributed by atoms with E-state index in [9.17, 15) is 19.2 Å². The first-order valence-corrected chi connectivity index (χ1v) is 9.62. The lowest BCUT2D eigenvalue weighted by Crippen LogP contribution is -2.31. The van der Waals surface area contributed by atoms with E-state index in [0.717, 1.165) is 17.3 Å². The summed E-state index contributed by atoms with van der Waals surface area (Å²) in [7, 11) is 2.94. The van der Waals surface area contributed by atoms with Gasteiger partial charge in [0, 0.05) is 13.1 Å². The van der Waals surface area contributed by atoms with Crippen LogP contribution in [0.3, 0.4) is 0 Å². The summed E-state index contributed by atoms with van der Waals surface area (Å²) in [6.07, 6.45) is 0.334. The van der Waals surface area contributed by atoms with Crippen LogP contribution in [0.25, 0.3) is 0 Å². The van der Waals surface area contributed by atoms with Crippen molar-refractivity contribution in [2.75, 3.05) is 19.1 Å². The Morgan fingerprint density at radius 2 is 2.03 bits per heavy atom. The quantitative estimate of drug-likeness (QED) is 0.604. The summed E-state index contributed by atoms with van der Waals surface area (Å²) in [6, 6.07) is 14.6. The first-order chi connectivity index (χ1) is 14.0. The largest absolute Gasteiger partial charge is 0.497 e. The number of nitrogens with one attached hydrogen (secondary N) is 1. The minimum absolute atomic E-state index is 0.143. The van der Waals surface area contributed by atoms with Gasteiger partial charge in [0.1, 0.15) is 28.2 Å². The van der Waals surface area contributed by atoms with E-state index in [1.54, 1.807) is 36.4 Å². The van der Waals surface area contributed by atoms with E-state index in [2.05, 4.69) is 5.32 Å². The van der Waals surface area contributed by atoms with Gasteiger partial charge in [-0.2, -0.15) is 5.26 Å². The van der Waals surface area contributed by atoms with Gasteiger partial charge in [0.25, 0.3) is 5.91 Å². The van der Waals surface area contributed by atoms with Gasteiger partial charge in [0.15, 0.2) is 0 Å². The molecular weight excluding hydrogens is 393 g/mol. The van der Waals surface area contributed by atoms with Crippen molar-refractivity contribution in [3.05, 3.63) is 70.5 Å². The number of thioether (sulfide) groups is 1. The number of likely N-dealkylation sites (N-methyl/N-ethyl adjacent to an activating group) is 1. The predicted octanol–water partition coefficient (Wildman–Crippen LogP) is 3.01. The standard InChI is InChI=1S/C21H18FN3O3S/c1-24-19(26)17(12-23)21-25(15-4-3-5-16(11-15)28-2)20(27)18(29-21)10-13-6-8-14(22)9-7-13/h3-9,11,18H,10H2,1-2H3,(H,24,26). The Labute approximate surface area is 172 Å². The Hall–Kier alpha value is -3.31. The van der Waals surface area contributed by atoms with Gasteiger partial charge in [-0.1, -0.05) is 30.0 Å². The highest BCUT2D eigenvalue weighted by molar-refractivity contribution is 8.05. The lowest BCUT2D eigenvalue weighted by Gasteiger charge is -2.19. The second kappa shape index (κ2) is 8.80. The molecule has 1 aliphatic heterocycles. The van der Waals surface area contributed by atoms with E-state index >= 15 is 0 Å². The molecule has 1 fully saturated rings. The molecule has 0 aromatic heterocycles. The Bertz CT molecular complexity index is 1010. The summed E-state index contributed by atoms with van der Waals surface area (Å²) in [5.41, 5.74) is 1.13. The highest BCUT2D eigenvalue weighted by Crippen LogP contribution is 2.42. The molecule has 1 heterocycles. The molecule has 0 spiro atoms. The van der Waals surface area contributed by atoms with Gasteiger partial charge in [-0.15, -0.1) is 0 Å². The molecule has 8 heteroatoms. The zero-order valence-electron chi connectivity index (χ0n) is 15.8. The maximum absolute atomic E-state index is 13.2. The van der Waals surface area contributed by atoms with E-state index in [1.165, 1.54) is 31.2 Å². The topological polar surface area (TPSA) is 82.4 Å². The number of hydrogen-bond donors (Lipinski definition) is 1. The van der Waals surface area contributed by atoms with Crippen molar-refractivity contribution in [1.29, 1.82) is 5.26 Å². The van der Waals surface area contributed by atoms with Gasteiger partial charge >= 0.3 is 0 Å². The number of nitriles is 1. The van der Waals surface area contributed by atoms with Crippen molar-refractivity contribution >= 4 is 29.3 Å². The van der Waals surface area contributed by atoms with Gasteiger partial charge in [-0.05, 0) is 36.2 Å². The van der Waals surface area contributed by atoms with Crippen molar-refractivity contribution in [3.8, 4) is 11.8 Å². The van der Waals surface area contributed by atoms with Crippen LogP contribution < -0.4 is 15.0 Å². The van der Waals surface area contributed by atoms with Crippen molar-refractivity contribution in [2.45, 2.75) is 11.7 Å². The maximum atomic E-state index is 13.2. The number of anilines is 1. The molecule has 1 N–H and O–H groups in total. The van der Waals surface area contributed by atoms with E-state index in [4.69, 9.17) is 4.74 Å². The Kier molecular flexibility index (Phi) is 6.20. The summed E-state index contributed by atoms with van der Waals surface area (Å²) >= 11 is 1.15. The van der Waals surface area contributed by atoms with Gasteiger partial charge in [-0.3, -0.25) is 14.5 Å². The second-order valence-corrected chi connectivity index (χ2v) is 7.37. The number of halogens is 1. The van der Waals surface area contributed by atoms with Gasteiger partial charge < -0.3 is 10.1 Å². The van der Waals surface area contributed by atoms with Crippen LogP contribution in [0.1, 0.15) is 5.56 Å². The molecular formula is C21H18FN3O3S. The number of methoxy groups -OCH3 is 1.